The number of aromatic nitrogens is 2. The summed E-state index contributed by atoms with van der Waals surface area (Å²) in [6.45, 7) is 3.90. The Balaban J connectivity index is 0.00000180. The maximum absolute atomic E-state index is 6.28. The lowest BCUT2D eigenvalue weighted by Gasteiger charge is -2.15. The molecule has 0 atom stereocenters. The molecule has 19 heavy (non-hydrogen) atoms. The van der Waals surface area contributed by atoms with Gasteiger partial charge in [0, 0.05) is 22.5 Å². The second kappa shape index (κ2) is 6.79. The molecule has 0 aliphatic carbocycles. The van der Waals surface area contributed by atoms with E-state index in [4.69, 9.17) is 5.73 Å². The first-order valence-corrected chi connectivity index (χ1v) is 7.09. The molecule has 2 N–H and O–H groups in total. The quantitative estimate of drug-likeness (QED) is 0.763. The Morgan fingerprint density at radius 1 is 0.895 bits per heavy atom. The Morgan fingerprint density at radius 2 is 1.26 bits per heavy atom. The van der Waals surface area contributed by atoms with Crippen molar-refractivity contribution in [2.75, 3.05) is 0 Å². The van der Waals surface area contributed by atoms with Gasteiger partial charge in [0.25, 0.3) is 0 Å². The van der Waals surface area contributed by atoms with E-state index in [0.29, 0.717) is 0 Å². The van der Waals surface area contributed by atoms with Crippen molar-refractivity contribution in [3.8, 4) is 0 Å². The van der Waals surface area contributed by atoms with Crippen LogP contribution < -0.4 is 5.73 Å². The Morgan fingerprint density at radius 3 is 1.58 bits per heavy atom. The maximum Gasteiger partial charge on any atom is 0.111 e. The van der Waals surface area contributed by atoms with E-state index in [1.165, 1.54) is 0 Å². The third-order valence-electron chi connectivity index (χ3n) is 2.70. The van der Waals surface area contributed by atoms with E-state index in [9.17, 15) is 0 Å². The Hall–Kier alpha value is -0.490. The highest BCUT2D eigenvalue weighted by Crippen LogP contribution is 2.29. The van der Waals surface area contributed by atoms with Gasteiger partial charge in [-0.3, -0.25) is 0 Å². The van der Waals surface area contributed by atoms with Gasteiger partial charge >= 0.3 is 0 Å². The topological polar surface area (TPSA) is 51.8 Å². The normalized spacial score (nSPS) is 10.4. The Kier molecular flexibility index (Phi) is 5.92. The highest BCUT2D eigenvalue weighted by atomic mass is 79.9. The summed E-state index contributed by atoms with van der Waals surface area (Å²) in [5, 5.41) is 0. The van der Waals surface area contributed by atoms with Gasteiger partial charge in [-0.05, 0) is 57.8 Å². The summed E-state index contributed by atoms with van der Waals surface area (Å²) in [5.74, 6) is 0. The van der Waals surface area contributed by atoms with Crippen molar-refractivity contribution < 1.29 is 0 Å². The van der Waals surface area contributed by atoms with Crippen LogP contribution in [0.15, 0.2) is 33.5 Å². The lowest BCUT2D eigenvalue weighted by atomic mass is 10.0. The largest absolute Gasteiger partial charge is 0.320 e. The van der Waals surface area contributed by atoms with E-state index in [1.54, 1.807) is 0 Å². The maximum atomic E-state index is 6.28. The molecule has 0 aliphatic heterocycles. The molecule has 0 fully saturated rings. The van der Waals surface area contributed by atoms with Crippen LogP contribution in [-0.2, 0) is 0 Å². The van der Waals surface area contributed by atoms with Crippen LogP contribution in [0.4, 0.5) is 0 Å². The predicted molar refractivity (Wildman–Crippen MR) is 86.6 cm³/mol. The minimum atomic E-state index is -0.255. The van der Waals surface area contributed by atoms with Crippen LogP contribution in [0.5, 0.6) is 0 Å². The van der Waals surface area contributed by atoms with E-state index in [2.05, 4.69) is 41.8 Å². The summed E-state index contributed by atoms with van der Waals surface area (Å²) in [5.41, 5.74) is 10.1. The summed E-state index contributed by atoms with van der Waals surface area (Å²) >= 11 is 6.91. The van der Waals surface area contributed by atoms with Crippen LogP contribution in [-0.4, -0.2) is 9.97 Å². The molecule has 2 heterocycles. The molecule has 0 amide bonds. The average Bonchev–Trinajstić information content (AvgIpc) is 2.28. The van der Waals surface area contributed by atoms with Gasteiger partial charge in [0.1, 0.15) is 9.21 Å². The van der Waals surface area contributed by atoms with Gasteiger partial charge in [-0.2, -0.15) is 0 Å². The first kappa shape index (κ1) is 16.6. The summed E-state index contributed by atoms with van der Waals surface area (Å²) in [4.78, 5) is 8.74. The van der Waals surface area contributed by atoms with Crippen molar-refractivity contribution in [1.82, 2.24) is 9.97 Å². The molecule has 2 rings (SSSR count). The molecule has 0 aliphatic rings. The average molecular weight is 408 g/mol. The first-order chi connectivity index (χ1) is 8.49. The van der Waals surface area contributed by atoms with Crippen molar-refractivity contribution in [2.24, 2.45) is 5.73 Å². The Labute approximate surface area is 135 Å². The van der Waals surface area contributed by atoms with Crippen molar-refractivity contribution >= 4 is 44.3 Å². The van der Waals surface area contributed by atoms with E-state index < -0.39 is 0 Å². The molecule has 0 saturated carbocycles. The molecular formula is C13H14Br2ClN3. The van der Waals surface area contributed by atoms with Gasteiger partial charge in [-0.25, -0.2) is 9.97 Å². The van der Waals surface area contributed by atoms with E-state index in [1.807, 2.05) is 38.1 Å². The van der Waals surface area contributed by atoms with Crippen LogP contribution >= 0.6 is 44.3 Å². The van der Waals surface area contributed by atoms with Gasteiger partial charge in [-0.1, -0.05) is 12.1 Å². The first-order valence-electron chi connectivity index (χ1n) is 5.50. The predicted octanol–water partition coefficient (Wildman–Crippen LogP) is 4.09. The zero-order valence-corrected chi connectivity index (χ0v) is 14.5. The molecule has 0 bridgehead atoms. The van der Waals surface area contributed by atoms with Gasteiger partial charge in [-0.15, -0.1) is 12.4 Å². The molecule has 2 aromatic heterocycles. The second-order valence-electron chi connectivity index (χ2n) is 4.14. The smallest absolute Gasteiger partial charge is 0.111 e. The van der Waals surface area contributed by atoms with E-state index >= 15 is 0 Å². The van der Waals surface area contributed by atoms with Crippen LogP contribution in [0, 0.1) is 13.8 Å². The minimum absolute atomic E-state index is 0. The fourth-order valence-corrected chi connectivity index (χ4v) is 3.02. The number of rotatable bonds is 2. The lowest BCUT2D eigenvalue weighted by molar-refractivity contribution is 0.834. The van der Waals surface area contributed by atoms with Crippen molar-refractivity contribution in [1.29, 1.82) is 0 Å². The lowest BCUT2D eigenvalue weighted by Crippen LogP contribution is -2.14. The zero-order valence-electron chi connectivity index (χ0n) is 10.5. The highest BCUT2D eigenvalue weighted by molar-refractivity contribution is 9.10. The summed E-state index contributed by atoms with van der Waals surface area (Å²) in [6, 6.07) is 7.63. The highest BCUT2D eigenvalue weighted by Gasteiger charge is 2.16. The molecule has 0 unspecified atom stereocenters. The van der Waals surface area contributed by atoms with Crippen molar-refractivity contribution in [3.05, 3.63) is 56.0 Å². The number of pyridine rings is 2. The summed E-state index contributed by atoms with van der Waals surface area (Å²) < 4.78 is 1.56. The van der Waals surface area contributed by atoms with Crippen LogP contribution in [0.3, 0.4) is 0 Å². The van der Waals surface area contributed by atoms with Crippen LogP contribution in [0.2, 0.25) is 0 Å². The minimum Gasteiger partial charge on any atom is -0.320 e. The third kappa shape index (κ3) is 3.75. The zero-order chi connectivity index (χ0) is 13.3. The number of hydrogen-bond donors (Lipinski definition) is 1. The molecule has 0 radical (unpaired) electrons. The van der Waals surface area contributed by atoms with Crippen molar-refractivity contribution in [3.63, 3.8) is 0 Å². The van der Waals surface area contributed by atoms with E-state index in [0.717, 1.165) is 31.7 Å². The SMILES string of the molecule is Cc1ccc(C(N)c2ccc(C)nc2Br)c(Br)n1.Cl. The van der Waals surface area contributed by atoms with E-state index in [-0.39, 0.29) is 18.4 Å². The van der Waals surface area contributed by atoms with Crippen LogP contribution in [0.25, 0.3) is 0 Å². The molecule has 0 aromatic carbocycles. The second-order valence-corrected chi connectivity index (χ2v) is 5.65. The monoisotopic (exact) mass is 405 g/mol. The number of aryl methyl sites for hydroxylation is 2. The van der Waals surface area contributed by atoms with Gasteiger partial charge < -0.3 is 5.73 Å². The summed E-state index contributed by atoms with van der Waals surface area (Å²) in [6.07, 6.45) is 0. The van der Waals surface area contributed by atoms with Crippen molar-refractivity contribution in [2.45, 2.75) is 19.9 Å². The molecule has 102 valence electrons. The molecule has 6 heteroatoms. The van der Waals surface area contributed by atoms with Gasteiger partial charge in [0.05, 0.1) is 6.04 Å². The molecule has 0 spiro atoms. The summed E-state index contributed by atoms with van der Waals surface area (Å²) in [7, 11) is 0. The Bertz CT molecular complexity index is 539. The van der Waals surface area contributed by atoms with Gasteiger partial charge in [0.2, 0.25) is 0 Å². The number of halogens is 3. The standard InChI is InChI=1S/C13H13Br2N3.ClH/c1-7-3-5-9(12(14)17-7)11(16)10-6-4-8(2)18-13(10)15;/h3-6,11H,16H2,1-2H3;1H. The molecular weight excluding hydrogens is 393 g/mol. The third-order valence-corrected chi connectivity index (χ3v) is 3.97. The number of nitrogens with two attached hydrogens (primary N) is 1. The number of hydrogen-bond acceptors (Lipinski definition) is 3. The van der Waals surface area contributed by atoms with Crippen LogP contribution in [0.1, 0.15) is 28.6 Å². The molecule has 2 aromatic rings. The van der Waals surface area contributed by atoms with Gasteiger partial charge in [0.15, 0.2) is 0 Å². The molecule has 0 saturated heterocycles. The molecule has 3 nitrogen and oxygen atoms in total. The fraction of sp³-hybridized carbons (Fsp3) is 0.231. The fourth-order valence-electron chi connectivity index (χ4n) is 1.70. The number of nitrogens with zero attached hydrogens (tertiary/aromatic N) is 2.